The van der Waals surface area contributed by atoms with Crippen LogP contribution in [0, 0.1) is 19.8 Å². The number of rotatable bonds is 6. The van der Waals surface area contributed by atoms with Gasteiger partial charge in [-0.2, -0.15) is 0 Å². The Bertz CT molecular complexity index is 684. The van der Waals surface area contributed by atoms with E-state index in [1.165, 1.54) is 11.8 Å². The Kier molecular flexibility index (Phi) is 5.79. The molecule has 23 heavy (non-hydrogen) atoms. The molecule has 1 aromatic heterocycles. The highest BCUT2D eigenvalue weighted by Gasteiger charge is 2.18. The smallest absolute Gasteiger partial charge is 0.277 e. The molecule has 0 aliphatic carbocycles. The van der Waals surface area contributed by atoms with Gasteiger partial charge in [-0.05, 0) is 37.0 Å². The van der Waals surface area contributed by atoms with Crippen LogP contribution in [-0.4, -0.2) is 21.9 Å². The lowest BCUT2D eigenvalue weighted by Crippen LogP contribution is -2.16. The van der Waals surface area contributed by atoms with Crippen molar-refractivity contribution in [3.8, 4) is 0 Å². The summed E-state index contributed by atoms with van der Waals surface area (Å²) in [5.74, 6) is 0.696. The Morgan fingerprint density at radius 1 is 1.35 bits per heavy atom. The van der Waals surface area contributed by atoms with Crippen LogP contribution in [0.4, 0.5) is 5.69 Å². The summed E-state index contributed by atoms with van der Waals surface area (Å²) in [6, 6.07) is 5.65. The van der Waals surface area contributed by atoms with E-state index in [0.717, 1.165) is 16.8 Å². The molecule has 1 heterocycles. The second-order valence-corrected chi connectivity index (χ2v) is 6.76. The third-order valence-electron chi connectivity index (χ3n) is 3.42. The molecule has 0 radical (unpaired) electrons. The number of hydrogen-bond acceptors (Lipinski definition) is 6. The van der Waals surface area contributed by atoms with Gasteiger partial charge in [0.25, 0.3) is 5.22 Å². The van der Waals surface area contributed by atoms with E-state index < -0.39 is 0 Å². The van der Waals surface area contributed by atoms with Crippen LogP contribution in [0.5, 0.6) is 0 Å². The topological polar surface area (TPSA) is 94.0 Å². The zero-order chi connectivity index (χ0) is 17.0. The Labute approximate surface area is 140 Å². The molecule has 1 atom stereocenters. The highest BCUT2D eigenvalue weighted by atomic mass is 32.2. The van der Waals surface area contributed by atoms with E-state index in [2.05, 4.69) is 15.5 Å². The summed E-state index contributed by atoms with van der Waals surface area (Å²) in [5.41, 5.74) is 8.90. The quantitative estimate of drug-likeness (QED) is 0.789. The van der Waals surface area contributed by atoms with Crippen molar-refractivity contribution in [3.63, 3.8) is 0 Å². The first-order valence-corrected chi connectivity index (χ1v) is 8.44. The molecule has 2 aromatic rings. The first kappa shape index (κ1) is 17.5. The predicted octanol–water partition coefficient (Wildman–Crippen LogP) is 3.07. The van der Waals surface area contributed by atoms with E-state index in [9.17, 15) is 4.79 Å². The number of aryl methyl sites for hydroxylation is 2. The average Bonchev–Trinajstić information content (AvgIpc) is 2.97. The van der Waals surface area contributed by atoms with Gasteiger partial charge in [-0.3, -0.25) is 4.79 Å². The first-order chi connectivity index (χ1) is 10.9. The summed E-state index contributed by atoms with van der Waals surface area (Å²) in [5, 5.41) is 11.1. The standard InChI is InChI=1S/C16H22N4O2S/c1-9(2)14(17)15-19-20-16(22-15)23-8-13(21)18-12-7-10(3)5-6-11(12)4/h5-7,9,14H,8,17H2,1-4H3,(H,18,21). The van der Waals surface area contributed by atoms with Gasteiger partial charge in [0.05, 0.1) is 11.8 Å². The summed E-state index contributed by atoms with van der Waals surface area (Å²) < 4.78 is 5.49. The van der Waals surface area contributed by atoms with Crippen molar-refractivity contribution in [1.29, 1.82) is 0 Å². The van der Waals surface area contributed by atoms with Crippen LogP contribution in [0.1, 0.15) is 36.9 Å². The maximum atomic E-state index is 12.1. The molecule has 2 rings (SSSR count). The minimum Gasteiger partial charge on any atom is -0.414 e. The molecule has 0 aliphatic heterocycles. The number of nitrogens with zero attached hydrogens (tertiary/aromatic N) is 2. The van der Waals surface area contributed by atoms with Crippen molar-refractivity contribution in [2.45, 2.75) is 39.0 Å². The Morgan fingerprint density at radius 2 is 2.09 bits per heavy atom. The number of hydrogen-bond donors (Lipinski definition) is 2. The highest BCUT2D eigenvalue weighted by molar-refractivity contribution is 7.99. The van der Waals surface area contributed by atoms with Crippen LogP contribution in [0.3, 0.4) is 0 Å². The fourth-order valence-corrected chi connectivity index (χ4v) is 2.45. The van der Waals surface area contributed by atoms with E-state index in [-0.39, 0.29) is 23.6 Å². The van der Waals surface area contributed by atoms with Gasteiger partial charge in [-0.25, -0.2) is 0 Å². The molecule has 0 spiro atoms. The molecular formula is C16H22N4O2S. The Balaban J connectivity index is 1.91. The molecular weight excluding hydrogens is 312 g/mol. The van der Waals surface area contributed by atoms with Crippen LogP contribution in [0.2, 0.25) is 0 Å². The number of nitrogens with one attached hydrogen (secondary N) is 1. The largest absolute Gasteiger partial charge is 0.414 e. The molecule has 0 saturated heterocycles. The normalized spacial score (nSPS) is 12.4. The van der Waals surface area contributed by atoms with E-state index in [0.29, 0.717) is 11.1 Å². The Hall–Kier alpha value is -1.86. The van der Waals surface area contributed by atoms with Gasteiger partial charge in [-0.15, -0.1) is 10.2 Å². The van der Waals surface area contributed by atoms with Gasteiger partial charge in [0.2, 0.25) is 11.8 Å². The zero-order valence-electron chi connectivity index (χ0n) is 13.8. The predicted molar refractivity (Wildman–Crippen MR) is 91.3 cm³/mol. The Morgan fingerprint density at radius 3 is 2.78 bits per heavy atom. The summed E-state index contributed by atoms with van der Waals surface area (Å²) in [6.07, 6.45) is 0. The summed E-state index contributed by atoms with van der Waals surface area (Å²) in [6.45, 7) is 7.92. The zero-order valence-corrected chi connectivity index (χ0v) is 14.6. The molecule has 1 unspecified atom stereocenters. The number of amides is 1. The van der Waals surface area contributed by atoms with E-state index in [1.807, 2.05) is 45.9 Å². The minimum atomic E-state index is -0.291. The molecule has 1 aromatic carbocycles. The molecule has 0 fully saturated rings. The second kappa shape index (κ2) is 7.61. The van der Waals surface area contributed by atoms with Crippen LogP contribution in [0.15, 0.2) is 27.8 Å². The summed E-state index contributed by atoms with van der Waals surface area (Å²) in [7, 11) is 0. The molecule has 7 heteroatoms. The number of nitrogens with two attached hydrogens (primary N) is 1. The lowest BCUT2D eigenvalue weighted by atomic mass is 10.1. The number of carbonyl (C=O) groups excluding carboxylic acids is 1. The van der Waals surface area contributed by atoms with Gasteiger partial charge < -0.3 is 15.5 Å². The van der Waals surface area contributed by atoms with Gasteiger partial charge >= 0.3 is 0 Å². The van der Waals surface area contributed by atoms with Crippen LogP contribution < -0.4 is 11.1 Å². The molecule has 1 amide bonds. The fraction of sp³-hybridized carbons (Fsp3) is 0.438. The maximum absolute atomic E-state index is 12.1. The third kappa shape index (κ3) is 4.80. The molecule has 6 nitrogen and oxygen atoms in total. The molecule has 124 valence electrons. The van der Waals surface area contributed by atoms with E-state index >= 15 is 0 Å². The summed E-state index contributed by atoms with van der Waals surface area (Å²) in [4.78, 5) is 12.1. The third-order valence-corrected chi connectivity index (χ3v) is 4.24. The van der Waals surface area contributed by atoms with Crippen molar-refractivity contribution in [2.24, 2.45) is 11.7 Å². The van der Waals surface area contributed by atoms with Crippen LogP contribution >= 0.6 is 11.8 Å². The lowest BCUT2D eigenvalue weighted by Gasteiger charge is -2.09. The second-order valence-electron chi connectivity index (χ2n) is 5.83. The number of aromatic nitrogens is 2. The average molecular weight is 334 g/mol. The van der Waals surface area contributed by atoms with Crippen molar-refractivity contribution in [2.75, 3.05) is 11.1 Å². The monoisotopic (exact) mass is 334 g/mol. The van der Waals surface area contributed by atoms with Gasteiger partial charge in [0.1, 0.15) is 0 Å². The number of carbonyl (C=O) groups is 1. The van der Waals surface area contributed by atoms with Crippen LogP contribution in [0.25, 0.3) is 0 Å². The van der Waals surface area contributed by atoms with Gasteiger partial charge in [0.15, 0.2) is 0 Å². The van der Waals surface area contributed by atoms with E-state index in [1.54, 1.807) is 0 Å². The van der Waals surface area contributed by atoms with Crippen molar-refractivity contribution >= 4 is 23.4 Å². The summed E-state index contributed by atoms with van der Waals surface area (Å²) >= 11 is 1.20. The van der Waals surface area contributed by atoms with Crippen molar-refractivity contribution in [1.82, 2.24) is 10.2 Å². The van der Waals surface area contributed by atoms with Crippen molar-refractivity contribution in [3.05, 3.63) is 35.2 Å². The number of benzene rings is 1. The maximum Gasteiger partial charge on any atom is 0.277 e. The SMILES string of the molecule is Cc1ccc(C)c(NC(=O)CSc2nnc(C(N)C(C)C)o2)c1. The van der Waals surface area contributed by atoms with Crippen LogP contribution in [-0.2, 0) is 4.79 Å². The fourth-order valence-electron chi connectivity index (χ4n) is 1.88. The first-order valence-electron chi connectivity index (χ1n) is 7.45. The number of thioether (sulfide) groups is 1. The van der Waals surface area contributed by atoms with Gasteiger partial charge in [0, 0.05) is 5.69 Å². The number of anilines is 1. The van der Waals surface area contributed by atoms with E-state index in [4.69, 9.17) is 10.2 Å². The lowest BCUT2D eigenvalue weighted by molar-refractivity contribution is -0.113. The minimum absolute atomic E-state index is 0.114. The van der Waals surface area contributed by atoms with Gasteiger partial charge in [-0.1, -0.05) is 37.7 Å². The highest BCUT2D eigenvalue weighted by Crippen LogP contribution is 2.23. The molecule has 0 bridgehead atoms. The molecule has 3 N–H and O–H groups in total. The van der Waals surface area contributed by atoms with Crippen molar-refractivity contribution < 1.29 is 9.21 Å². The molecule has 0 aliphatic rings. The molecule has 0 saturated carbocycles.